The minimum Gasteiger partial charge on any atom is -0.462 e. The van der Waals surface area contributed by atoms with Gasteiger partial charge in [0.15, 0.2) is 6.10 Å². The summed E-state index contributed by atoms with van der Waals surface area (Å²) in [5, 5.41) is 0. The van der Waals surface area contributed by atoms with Crippen LogP contribution in [0.5, 0.6) is 0 Å². The Kier molecular flexibility index (Phi) is 50.4. The van der Waals surface area contributed by atoms with Gasteiger partial charge in [0.25, 0.3) is 0 Å². The third-order valence-electron chi connectivity index (χ3n) is 11.4. The van der Waals surface area contributed by atoms with E-state index in [-0.39, 0.29) is 31.1 Å². The van der Waals surface area contributed by atoms with E-state index in [1.165, 1.54) is 89.9 Å². The Balaban J connectivity index is 4.28. The van der Waals surface area contributed by atoms with Crippen molar-refractivity contribution in [1.29, 1.82) is 0 Å². The number of carbonyl (C=O) groups excluding carboxylic acids is 3. The van der Waals surface area contributed by atoms with Crippen molar-refractivity contribution >= 4 is 17.9 Å². The summed E-state index contributed by atoms with van der Waals surface area (Å²) in [5.41, 5.74) is 0. The van der Waals surface area contributed by atoms with Gasteiger partial charge in [0.05, 0.1) is 0 Å². The van der Waals surface area contributed by atoms with Gasteiger partial charge in [-0.3, -0.25) is 14.4 Å². The highest BCUT2D eigenvalue weighted by molar-refractivity contribution is 5.71. The first-order valence-electron chi connectivity index (χ1n) is 27.1. The number of unbranched alkanes of at least 4 members (excludes halogenated alkanes) is 23. The first-order chi connectivity index (χ1) is 32.0. The van der Waals surface area contributed by atoms with Gasteiger partial charge in [0, 0.05) is 19.3 Å². The van der Waals surface area contributed by atoms with Gasteiger partial charge >= 0.3 is 17.9 Å². The summed E-state index contributed by atoms with van der Waals surface area (Å²) in [4.78, 5) is 38.0. The smallest absolute Gasteiger partial charge is 0.306 e. The molecule has 0 saturated heterocycles. The van der Waals surface area contributed by atoms with E-state index >= 15 is 0 Å². The maximum absolute atomic E-state index is 12.8. The van der Waals surface area contributed by atoms with Gasteiger partial charge < -0.3 is 14.2 Å². The van der Waals surface area contributed by atoms with Crippen LogP contribution in [0.2, 0.25) is 0 Å². The Hall–Kier alpha value is -3.41. The number of hydrogen-bond acceptors (Lipinski definition) is 6. The van der Waals surface area contributed by atoms with Gasteiger partial charge in [0.2, 0.25) is 0 Å². The van der Waals surface area contributed by atoms with Crippen molar-refractivity contribution in [2.24, 2.45) is 0 Å². The predicted molar refractivity (Wildman–Crippen MR) is 279 cm³/mol. The molecule has 0 saturated carbocycles. The first-order valence-corrected chi connectivity index (χ1v) is 27.1. The van der Waals surface area contributed by atoms with Crippen LogP contribution in [0, 0.1) is 0 Å². The summed E-state index contributed by atoms with van der Waals surface area (Å²) in [6, 6.07) is 0. The van der Waals surface area contributed by atoms with Gasteiger partial charge in [-0.25, -0.2) is 0 Å². The summed E-state index contributed by atoms with van der Waals surface area (Å²) in [5.74, 6) is -0.906. The Bertz CT molecular complexity index is 1270. The molecule has 0 aromatic rings. The Morgan fingerprint density at radius 3 is 0.938 bits per heavy atom. The van der Waals surface area contributed by atoms with E-state index in [9.17, 15) is 14.4 Å². The number of ether oxygens (including phenoxy) is 3. The molecule has 0 rings (SSSR count). The number of esters is 3. The molecule has 6 nitrogen and oxygen atoms in total. The summed E-state index contributed by atoms with van der Waals surface area (Å²) >= 11 is 0. The standard InChI is InChI=1S/C59H100O6/c1-4-7-10-13-16-19-21-23-25-26-27-28-29-30-31-32-34-35-37-40-43-46-49-52-58(61)64-55-56(54-63-57(60)51-48-45-42-39-18-15-12-9-6-3)65-59(62)53-50-47-44-41-38-36-33-24-22-20-17-14-11-8-5-2/h7-8,10-11,16-17,19-20,23-25,27-28,33,56H,4-6,9,12-15,18,21-22,26,29-32,34-55H2,1-3H3/b10-7-,11-8-,19-16-,20-17-,25-23-,28-27-,33-24-. The highest BCUT2D eigenvalue weighted by Gasteiger charge is 2.19. The van der Waals surface area contributed by atoms with Crippen molar-refractivity contribution in [2.75, 3.05) is 13.2 Å². The topological polar surface area (TPSA) is 78.9 Å². The number of hydrogen-bond donors (Lipinski definition) is 0. The average Bonchev–Trinajstić information content (AvgIpc) is 3.30. The molecule has 0 heterocycles. The first kappa shape index (κ1) is 61.6. The molecule has 0 fully saturated rings. The second kappa shape index (κ2) is 53.2. The molecule has 65 heavy (non-hydrogen) atoms. The maximum atomic E-state index is 12.8. The lowest BCUT2D eigenvalue weighted by Gasteiger charge is -2.18. The van der Waals surface area contributed by atoms with E-state index in [1.54, 1.807) is 0 Å². The van der Waals surface area contributed by atoms with E-state index in [1.807, 2.05) is 0 Å². The highest BCUT2D eigenvalue weighted by atomic mass is 16.6. The Labute approximate surface area is 401 Å². The summed E-state index contributed by atoms with van der Waals surface area (Å²) in [6.07, 6.45) is 68.6. The van der Waals surface area contributed by atoms with Crippen LogP contribution in [-0.2, 0) is 28.6 Å². The van der Waals surface area contributed by atoms with Crippen molar-refractivity contribution in [3.05, 3.63) is 85.1 Å². The number of carbonyl (C=O) groups is 3. The van der Waals surface area contributed by atoms with Crippen LogP contribution in [0.15, 0.2) is 85.1 Å². The fourth-order valence-electron chi connectivity index (χ4n) is 7.39. The molecular weight excluding hydrogens is 805 g/mol. The third-order valence-corrected chi connectivity index (χ3v) is 11.4. The molecule has 0 spiro atoms. The molecule has 0 aliphatic rings. The average molecular weight is 905 g/mol. The normalized spacial score (nSPS) is 12.7. The predicted octanol–water partition coefficient (Wildman–Crippen LogP) is 18.0. The van der Waals surface area contributed by atoms with Gasteiger partial charge in [-0.05, 0) is 89.9 Å². The van der Waals surface area contributed by atoms with E-state index in [4.69, 9.17) is 14.2 Å². The molecule has 1 atom stereocenters. The van der Waals surface area contributed by atoms with E-state index in [0.717, 1.165) is 122 Å². The molecule has 0 bridgehead atoms. The zero-order valence-electron chi connectivity index (χ0n) is 42.5. The second-order valence-corrected chi connectivity index (χ2v) is 17.7. The fourth-order valence-corrected chi connectivity index (χ4v) is 7.39. The lowest BCUT2D eigenvalue weighted by atomic mass is 10.1. The van der Waals surface area contributed by atoms with Gasteiger partial charge in [0.1, 0.15) is 13.2 Å². The lowest BCUT2D eigenvalue weighted by molar-refractivity contribution is -0.167. The van der Waals surface area contributed by atoms with Crippen LogP contribution < -0.4 is 0 Å². The van der Waals surface area contributed by atoms with Crippen LogP contribution in [0.4, 0.5) is 0 Å². The largest absolute Gasteiger partial charge is 0.462 e. The van der Waals surface area contributed by atoms with Crippen molar-refractivity contribution in [1.82, 2.24) is 0 Å². The molecule has 0 aliphatic heterocycles. The molecule has 6 heteroatoms. The Morgan fingerprint density at radius 2 is 0.600 bits per heavy atom. The van der Waals surface area contributed by atoms with Crippen LogP contribution in [-0.4, -0.2) is 37.2 Å². The SMILES string of the molecule is CC/C=C\C/C=C\C/C=C\C/C=C\CCCCCCCCCCCCC(=O)OCC(COC(=O)CCCCCCCCCCC)OC(=O)CCCCCCC/C=C\C/C=C\C/C=C\CC. The third kappa shape index (κ3) is 51.4. The minimum atomic E-state index is -0.785. The number of rotatable bonds is 48. The molecular formula is C59H100O6. The zero-order chi connectivity index (χ0) is 47.2. The lowest BCUT2D eigenvalue weighted by Crippen LogP contribution is -2.30. The number of allylic oxidation sites excluding steroid dienone is 14. The molecule has 0 aliphatic carbocycles. The maximum Gasteiger partial charge on any atom is 0.306 e. The van der Waals surface area contributed by atoms with Crippen LogP contribution in [0.1, 0.15) is 252 Å². The highest BCUT2D eigenvalue weighted by Crippen LogP contribution is 2.15. The van der Waals surface area contributed by atoms with Crippen molar-refractivity contribution in [3.8, 4) is 0 Å². The monoisotopic (exact) mass is 905 g/mol. The van der Waals surface area contributed by atoms with Gasteiger partial charge in [-0.15, -0.1) is 0 Å². The molecule has 0 N–H and O–H groups in total. The molecule has 0 aromatic heterocycles. The minimum absolute atomic E-state index is 0.0835. The quantitative estimate of drug-likeness (QED) is 0.0262. The summed E-state index contributed by atoms with van der Waals surface area (Å²) in [7, 11) is 0. The van der Waals surface area contributed by atoms with E-state index < -0.39 is 6.10 Å². The summed E-state index contributed by atoms with van der Waals surface area (Å²) in [6.45, 7) is 6.38. The van der Waals surface area contributed by atoms with Gasteiger partial charge in [-0.1, -0.05) is 228 Å². The molecule has 372 valence electrons. The molecule has 0 radical (unpaired) electrons. The molecule has 1 unspecified atom stereocenters. The molecule has 0 amide bonds. The second-order valence-electron chi connectivity index (χ2n) is 17.7. The van der Waals surface area contributed by atoms with E-state index in [2.05, 4.69) is 106 Å². The zero-order valence-corrected chi connectivity index (χ0v) is 42.5. The van der Waals surface area contributed by atoms with Crippen LogP contribution in [0.3, 0.4) is 0 Å². The fraction of sp³-hybridized carbons (Fsp3) is 0.712. The van der Waals surface area contributed by atoms with Crippen molar-refractivity contribution < 1.29 is 28.6 Å². The molecule has 0 aromatic carbocycles. The van der Waals surface area contributed by atoms with Crippen LogP contribution in [0.25, 0.3) is 0 Å². The van der Waals surface area contributed by atoms with Crippen molar-refractivity contribution in [2.45, 2.75) is 258 Å². The summed E-state index contributed by atoms with van der Waals surface area (Å²) < 4.78 is 16.8. The Morgan fingerprint density at radius 1 is 0.323 bits per heavy atom. The van der Waals surface area contributed by atoms with Crippen LogP contribution >= 0.6 is 0 Å². The van der Waals surface area contributed by atoms with Gasteiger partial charge in [-0.2, -0.15) is 0 Å². The van der Waals surface area contributed by atoms with E-state index in [0.29, 0.717) is 19.3 Å². The van der Waals surface area contributed by atoms with Crippen molar-refractivity contribution in [3.63, 3.8) is 0 Å².